The van der Waals surface area contributed by atoms with Crippen LogP contribution >= 0.6 is 0 Å². The number of rotatable bonds is 2. The van der Waals surface area contributed by atoms with Crippen molar-refractivity contribution in [3.63, 3.8) is 0 Å². The van der Waals surface area contributed by atoms with Gasteiger partial charge in [0.2, 0.25) is 0 Å². The molecule has 2 fully saturated rings. The Balaban J connectivity index is 1.71. The van der Waals surface area contributed by atoms with Crippen molar-refractivity contribution in [2.24, 2.45) is 46.2 Å². The number of ketones is 1. The molecule has 0 saturated heterocycles. The lowest BCUT2D eigenvalue weighted by Gasteiger charge is -2.56. The smallest absolute Gasteiger partial charge is 0.178 e. The Bertz CT molecular complexity index is 650. The topological polar surface area (TPSA) is 63.3 Å². The van der Waals surface area contributed by atoms with Crippen LogP contribution in [0.4, 0.5) is 0 Å². The molecule has 0 heterocycles. The van der Waals surface area contributed by atoms with Gasteiger partial charge in [0, 0.05) is 13.0 Å². The van der Waals surface area contributed by atoms with Crippen molar-refractivity contribution < 1.29 is 9.90 Å². The molecule has 3 heteroatoms. The van der Waals surface area contributed by atoms with Crippen LogP contribution in [-0.4, -0.2) is 17.5 Å². The van der Waals surface area contributed by atoms with Gasteiger partial charge in [0.25, 0.3) is 0 Å². The maximum absolute atomic E-state index is 12.1. The number of carbonyl (C=O) groups excluding carboxylic acids is 1. The van der Waals surface area contributed by atoms with Gasteiger partial charge in [-0.15, -0.1) is 0 Å². The van der Waals surface area contributed by atoms with E-state index < -0.39 is 0 Å². The predicted molar refractivity (Wildman–Crippen MR) is 99.5 cm³/mol. The van der Waals surface area contributed by atoms with E-state index in [4.69, 9.17) is 5.73 Å². The van der Waals surface area contributed by atoms with Crippen molar-refractivity contribution in [2.45, 2.75) is 59.3 Å². The Kier molecular flexibility index (Phi) is 3.95. The number of aliphatic hydroxyl groups is 1. The van der Waals surface area contributed by atoms with E-state index in [0.717, 1.165) is 12.0 Å². The van der Waals surface area contributed by atoms with Gasteiger partial charge in [-0.2, -0.15) is 0 Å². The van der Waals surface area contributed by atoms with Gasteiger partial charge in [-0.25, -0.2) is 0 Å². The first-order valence-electron chi connectivity index (χ1n) is 10.2. The second-order valence-electron chi connectivity index (χ2n) is 9.71. The minimum atomic E-state index is 0.0689. The van der Waals surface area contributed by atoms with E-state index in [2.05, 4.69) is 32.9 Å². The molecule has 138 valence electrons. The number of allylic oxidation sites excluding steroid dienone is 4. The SMILES string of the molecule is CC(CO)[C@H]1CC[C@H]2[C@@H]3C=CC4=C(N)C(=O)CC[C@]4(C)[C@H]3CC[C@]12C. The molecule has 0 amide bonds. The van der Waals surface area contributed by atoms with E-state index in [1.807, 2.05) is 0 Å². The van der Waals surface area contributed by atoms with E-state index >= 15 is 0 Å². The molecule has 0 aromatic heterocycles. The normalized spacial score (nSPS) is 47.3. The quantitative estimate of drug-likeness (QED) is 0.801. The van der Waals surface area contributed by atoms with E-state index in [-0.39, 0.29) is 11.2 Å². The van der Waals surface area contributed by atoms with Gasteiger partial charge in [-0.05, 0) is 78.1 Å². The summed E-state index contributed by atoms with van der Waals surface area (Å²) in [5, 5.41) is 9.72. The number of carbonyl (C=O) groups is 1. The lowest BCUT2D eigenvalue weighted by molar-refractivity contribution is -0.117. The fourth-order valence-electron chi connectivity index (χ4n) is 7.28. The highest BCUT2D eigenvalue weighted by Gasteiger charge is 2.58. The monoisotopic (exact) mass is 343 g/mol. The number of aliphatic hydroxyl groups excluding tert-OH is 1. The Hall–Kier alpha value is -1.09. The highest BCUT2D eigenvalue weighted by Crippen LogP contribution is 2.66. The molecule has 7 atom stereocenters. The third-order valence-corrected chi connectivity index (χ3v) is 8.76. The van der Waals surface area contributed by atoms with Gasteiger partial charge in [-0.1, -0.05) is 32.9 Å². The van der Waals surface area contributed by atoms with Gasteiger partial charge in [0.05, 0.1) is 5.70 Å². The fourth-order valence-corrected chi connectivity index (χ4v) is 7.28. The molecule has 0 aliphatic heterocycles. The zero-order valence-electron chi connectivity index (χ0n) is 15.9. The van der Waals surface area contributed by atoms with Crippen molar-refractivity contribution in [2.75, 3.05) is 6.61 Å². The summed E-state index contributed by atoms with van der Waals surface area (Å²) in [4.78, 5) is 12.1. The van der Waals surface area contributed by atoms with Crippen LogP contribution in [0.25, 0.3) is 0 Å². The van der Waals surface area contributed by atoms with Crippen molar-refractivity contribution in [3.8, 4) is 0 Å². The molecule has 4 aliphatic carbocycles. The predicted octanol–water partition coefficient (Wildman–Crippen LogP) is 3.83. The Morgan fingerprint density at radius 1 is 1.24 bits per heavy atom. The van der Waals surface area contributed by atoms with E-state index in [0.29, 0.717) is 53.7 Å². The molecule has 4 aliphatic rings. The number of nitrogens with two attached hydrogens (primary N) is 1. The number of Topliss-reactive ketones (excluding diaryl/α,β-unsaturated/α-hetero) is 1. The van der Waals surface area contributed by atoms with E-state index in [1.54, 1.807) is 0 Å². The number of hydrogen-bond acceptors (Lipinski definition) is 3. The second kappa shape index (κ2) is 5.70. The molecular weight excluding hydrogens is 310 g/mol. The minimum absolute atomic E-state index is 0.0689. The van der Waals surface area contributed by atoms with Crippen LogP contribution < -0.4 is 5.73 Å². The Labute approximate surface area is 151 Å². The van der Waals surface area contributed by atoms with Crippen molar-refractivity contribution in [3.05, 3.63) is 23.4 Å². The van der Waals surface area contributed by atoms with Crippen LogP contribution in [0, 0.1) is 40.4 Å². The third kappa shape index (κ3) is 2.24. The Morgan fingerprint density at radius 3 is 2.72 bits per heavy atom. The fraction of sp³-hybridized carbons (Fsp3) is 0.773. The Morgan fingerprint density at radius 2 is 2.00 bits per heavy atom. The molecule has 0 bridgehead atoms. The van der Waals surface area contributed by atoms with Crippen LogP contribution in [0.2, 0.25) is 0 Å². The molecule has 0 spiro atoms. The first-order valence-corrected chi connectivity index (χ1v) is 10.2. The molecule has 0 aromatic carbocycles. The number of fused-ring (bicyclic) bond motifs is 5. The van der Waals surface area contributed by atoms with Crippen LogP contribution in [0.1, 0.15) is 59.3 Å². The molecule has 0 aromatic rings. The molecule has 2 saturated carbocycles. The molecule has 4 rings (SSSR count). The van der Waals surface area contributed by atoms with Gasteiger partial charge in [-0.3, -0.25) is 4.79 Å². The third-order valence-electron chi connectivity index (χ3n) is 8.76. The van der Waals surface area contributed by atoms with Crippen LogP contribution in [0.3, 0.4) is 0 Å². The maximum Gasteiger partial charge on any atom is 0.178 e. The summed E-state index contributed by atoms with van der Waals surface area (Å²) in [6.07, 6.45) is 11.1. The molecule has 1 unspecified atom stereocenters. The lowest BCUT2D eigenvalue weighted by Crippen LogP contribution is -2.50. The summed E-state index contributed by atoms with van der Waals surface area (Å²) in [6.45, 7) is 7.36. The second-order valence-corrected chi connectivity index (χ2v) is 9.71. The van der Waals surface area contributed by atoms with Gasteiger partial charge in [0.15, 0.2) is 5.78 Å². The van der Waals surface area contributed by atoms with Gasteiger partial charge < -0.3 is 10.8 Å². The van der Waals surface area contributed by atoms with Crippen LogP contribution in [0.15, 0.2) is 23.4 Å². The number of hydrogen-bond donors (Lipinski definition) is 2. The summed E-state index contributed by atoms with van der Waals surface area (Å²) in [6, 6.07) is 0. The summed E-state index contributed by atoms with van der Waals surface area (Å²) in [5.41, 5.74) is 8.26. The summed E-state index contributed by atoms with van der Waals surface area (Å²) >= 11 is 0. The van der Waals surface area contributed by atoms with Gasteiger partial charge >= 0.3 is 0 Å². The standard InChI is InChI=1S/C22H33NO2/c1-13(12-24)15-6-7-16-14-4-5-18-20(23)19(25)9-11-22(18,3)17(14)8-10-21(15,16)2/h4-5,13-17,24H,6-12,23H2,1-3H3/t13?,14-,15+,16-,17-,21+,22+/m0/s1. The largest absolute Gasteiger partial charge is 0.396 e. The van der Waals surface area contributed by atoms with Crippen molar-refractivity contribution >= 4 is 5.78 Å². The summed E-state index contributed by atoms with van der Waals surface area (Å²) in [5.74, 6) is 3.09. The first kappa shape index (κ1) is 17.3. The average Bonchev–Trinajstić information content (AvgIpc) is 2.95. The first-order chi connectivity index (χ1) is 11.8. The van der Waals surface area contributed by atoms with Crippen molar-refractivity contribution in [1.82, 2.24) is 0 Å². The van der Waals surface area contributed by atoms with E-state index in [9.17, 15) is 9.90 Å². The summed E-state index contributed by atoms with van der Waals surface area (Å²) in [7, 11) is 0. The molecule has 3 nitrogen and oxygen atoms in total. The molecule has 25 heavy (non-hydrogen) atoms. The van der Waals surface area contributed by atoms with Crippen LogP contribution in [0.5, 0.6) is 0 Å². The van der Waals surface area contributed by atoms with Crippen molar-refractivity contribution in [1.29, 1.82) is 0 Å². The summed E-state index contributed by atoms with van der Waals surface area (Å²) < 4.78 is 0. The average molecular weight is 344 g/mol. The van der Waals surface area contributed by atoms with E-state index in [1.165, 1.54) is 25.7 Å². The van der Waals surface area contributed by atoms with Gasteiger partial charge in [0.1, 0.15) is 0 Å². The molecule has 0 radical (unpaired) electrons. The van der Waals surface area contributed by atoms with Crippen LogP contribution in [-0.2, 0) is 4.79 Å². The highest BCUT2D eigenvalue weighted by molar-refractivity contribution is 5.97. The molecular formula is C22H33NO2. The zero-order valence-corrected chi connectivity index (χ0v) is 15.9. The molecule has 3 N–H and O–H groups in total. The maximum atomic E-state index is 12.1. The zero-order chi connectivity index (χ0) is 18.0. The lowest BCUT2D eigenvalue weighted by atomic mass is 9.48. The minimum Gasteiger partial charge on any atom is -0.396 e. The highest BCUT2D eigenvalue weighted by atomic mass is 16.3.